The molecule has 0 aliphatic carbocycles. The van der Waals surface area contributed by atoms with Gasteiger partial charge in [-0.1, -0.05) is 24.3 Å². The second kappa shape index (κ2) is 4.89. The molecule has 0 saturated heterocycles. The number of pyridine rings is 1. The van der Waals surface area contributed by atoms with Crippen molar-refractivity contribution >= 4 is 10.9 Å². The van der Waals surface area contributed by atoms with Crippen LogP contribution in [0.2, 0.25) is 0 Å². The standard InChI is InChI=1S/C13H15NO/c1-15-10-4-6-12-9-8-11-5-2-3-7-13(11)14-12/h2-3,5,7-9H,4,6,10H2,1H3. The van der Waals surface area contributed by atoms with E-state index in [0.717, 1.165) is 30.7 Å². The number of aromatic nitrogens is 1. The van der Waals surface area contributed by atoms with Gasteiger partial charge in [-0.2, -0.15) is 0 Å². The lowest BCUT2D eigenvalue weighted by Gasteiger charge is -2.02. The van der Waals surface area contributed by atoms with Crippen molar-refractivity contribution in [3.05, 3.63) is 42.1 Å². The van der Waals surface area contributed by atoms with E-state index in [1.54, 1.807) is 7.11 Å². The van der Waals surface area contributed by atoms with Gasteiger partial charge in [0.2, 0.25) is 0 Å². The van der Waals surface area contributed by atoms with Gasteiger partial charge in [0.05, 0.1) is 5.52 Å². The van der Waals surface area contributed by atoms with Crippen LogP contribution < -0.4 is 0 Å². The Hall–Kier alpha value is -1.41. The molecular weight excluding hydrogens is 186 g/mol. The molecule has 1 aromatic carbocycles. The van der Waals surface area contributed by atoms with E-state index in [1.165, 1.54) is 5.39 Å². The first-order valence-electron chi connectivity index (χ1n) is 5.24. The highest BCUT2D eigenvalue weighted by atomic mass is 16.5. The van der Waals surface area contributed by atoms with Crippen LogP contribution in [0.25, 0.3) is 10.9 Å². The fourth-order valence-electron chi connectivity index (χ4n) is 1.65. The van der Waals surface area contributed by atoms with Crippen LogP contribution in [0.4, 0.5) is 0 Å². The summed E-state index contributed by atoms with van der Waals surface area (Å²) in [5, 5.41) is 1.20. The Morgan fingerprint density at radius 1 is 1.13 bits per heavy atom. The lowest BCUT2D eigenvalue weighted by atomic mass is 10.1. The van der Waals surface area contributed by atoms with E-state index in [2.05, 4.69) is 29.2 Å². The van der Waals surface area contributed by atoms with Crippen molar-refractivity contribution in [2.75, 3.05) is 13.7 Å². The number of ether oxygens (including phenoxy) is 1. The number of hydrogen-bond donors (Lipinski definition) is 0. The summed E-state index contributed by atoms with van der Waals surface area (Å²) >= 11 is 0. The summed E-state index contributed by atoms with van der Waals surface area (Å²) < 4.78 is 5.02. The van der Waals surface area contributed by atoms with E-state index in [9.17, 15) is 0 Å². The Bertz CT molecular complexity index is 439. The Kier molecular flexibility index (Phi) is 3.30. The molecular formula is C13H15NO. The van der Waals surface area contributed by atoms with Crippen LogP contribution in [-0.4, -0.2) is 18.7 Å². The minimum Gasteiger partial charge on any atom is -0.385 e. The molecule has 1 heterocycles. The highest BCUT2D eigenvalue weighted by Crippen LogP contribution is 2.12. The zero-order chi connectivity index (χ0) is 10.5. The molecule has 0 amide bonds. The fourth-order valence-corrected chi connectivity index (χ4v) is 1.65. The summed E-state index contributed by atoms with van der Waals surface area (Å²) in [6, 6.07) is 12.4. The van der Waals surface area contributed by atoms with Gasteiger partial charge < -0.3 is 4.74 Å². The molecule has 0 fully saturated rings. The molecule has 0 atom stereocenters. The van der Waals surface area contributed by atoms with Gasteiger partial charge in [-0.15, -0.1) is 0 Å². The van der Waals surface area contributed by atoms with Gasteiger partial charge in [0.25, 0.3) is 0 Å². The van der Waals surface area contributed by atoms with Gasteiger partial charge in [0.15, 0.2) is 0 Å². The molecule has 2 aromatic rings. The molecule has 0 aliphatic rings. The van der Waals surface area contributed by atoms with E-state index < -0.39 is 0 Å². The van der Waals surface area contributed by atoms with Gasteiger partial charge in [0.1, 0.15) is 0 Å². The molecule has 2 nitrogen and oxygen atoms in total. The maximum atomic E-state index is 5.02. The van der Waals surface area contributed by atoms with E-state index in [4.69, 9.17) is 4.74 Å². The second-order valence-corrected chi connectivity index (χ2v) is 3.59. The van der Waals surface area contributed by atoms with Crippen molar-refractivity contribution < 1.29 is 4.74 Å². The fraction of sp³-hybridized carbons (Fsp3) is 0.308. The molecule has 15 heavy (non-hydrogen) atoms. The van der Waals surface area contributed by atoms with Crippen LogP contribution in [-0.2, 0) is 11.2 Å². The summed E-state index contributed by atoms with van der Waals surface area (Å²) in [7, 11) is 1.73. The van der Waals surface area contributed by atoms with Crippen LogP contribution in [0.15, 0.2) is 36.4 Å². The first-order chi connectivity index (χ1) is 7.40. The third kappa shape index (κ3) is 2.54. The average molecular weight is 201 g/mol. The number of rotatable bonds is 4. The molecule has 0 bridgehead atoms. The van der Waals surface area contributed by atoms with E-state index in [1.807, 2.05) is 12.1 Å². The van der Waals surface area contributed by atoms with Crippen molar-refractivity contribution in [3.63, 3.8) is 0 Å². The van der Waals surface area contributed by atoms with E-state index >= 15 is 0 Å². The van der Waals surface area contributed by atoms with Crippen molar-refractivity contribution in [1.29, 1.82) is 0 Å². The number of aryl methyl sites for hydroxylation is 1. The minimum absolute atomic E-state index is 0.800. The summed E-state index contributed by atoms with van der Waals surface area (Å²) in [6.07, 6.45) is 2.01. The smallest absolute Gasteiger partial charge is 0.0705 e. The maximum absolute atomic E-state index is 5.02. The number of benzene rings is 1. The predicted octanol–water partition coefficient (Wildman–Crippen LogP) is 2.81. The lowest BCUT2D eigenvalue weighted by molar-refractivity contribution is 0.195. The Morgan fingerprint density at radius 3 is 2.87 bits per heavy atom. The van der Waals surface area contributed by atoms with E-state index in [-0.39, 0.29) is 0 Å². The van der Waals surface area contributed by atoms with Crippen LogP contribution in [0.1, 0.15) is 12.1 Å². The van der Waals surface area contributed by atoms with Crippen molar-refractivity contribution in [3.8, 4) is 0 Å². The quantitative estimate of drug-likeness (QED) is 0.710. The SMILES string of the molecule is COCCCc1ccc2ccccc2n1. The number of hydrogen-bond acceptors (Lipinski definition) is 2. The number of para-hydroxylation sites is 1. The largest absolute Gasteiger partial charge is 0.385 e. The molecule has 0 unspecified atom stereocenters. The third-order valence-corrected chi connectivity index (χ3v) is 2.44. The average Bonchev–Trinajstić information content (AvgIpc) is 2.29. The number of fused-ring (bicyclic) bond motifs is 1. The molecule has 0 radical (unpaired) electrons. The summed E-state index contributed by atoms with van der Waals surface area (Å²) in [4.78, 5) is 4.59. The molecule has 2 rings (SSSR count). The zero-order valence-corrected chi connectivity index (χ0v) is 8.94. The van der Waals surface area contributed by atoms with E-state index in [0.29, 0.717) is 0 Å². The maximum Gasteiger partial charge on any atom is 0.0705 e. The normalized spacial score (nSPS) is 10.7. The summed E-state index contributed by atoms with van der Waals surface area (Å²) in [5.74, 6) is 0. The number of methoxy groups -OCH3 is 1. The predicted molar refractivity (Wildman–Crippen MR) is 61.9 cm³/mol. The van der Waals surface area contributed by atoms with Gasteiger partial charge >= 0.3 is 0 Å². The van der Waals surface area contributed by atoms with Crippen LogP contribution in [0, 0.1) is 0 Å². The summed E-state index contributed by atoms with van der Waals surface area (Å²) in [6.45, 7) is 0.800. The monoisotopic (exact) mass is 201 g/mol. The minimum atomic E-state index is 0.800. The number of nitrogens with zero attached hydrogens (tertiary/aromatic N) is 1. The molecule has 2 heteroatoms. The van der Waals surface area contributed by atoms with Crippen molar-refractivity contribution in [2.45, 2.75) is 12.8 Å². The van der Waals surface area contributed by atoms with Gasteiger partial charge in [-0.3, -0.25) is 4.98 Å². The highest BCUT2D eigenvalue weighted by molar-refractivity contribution is 5.78. The lowest BCUT2D eigenvalue weighted by Crippen LogP contribution is -1.95. The Balaban J connectivity index is 2.16. The zero-order valence-electron chi connectivity index (χ0n) is 8.94. The third-order valence-electron chi connectivity index (χ3n) is 2.44. The Morgan fingerprint density at radius 2 is 2.00 bits per heavy atom. The highest BCUT2D eigenvalue weighted by Gasteiger charge is 1.97. The first-order valence-corrected chi connectivity index (χ1v) is 5.24. The molecule has 0 saturated carbocycles. The molecule has 0 N–H and O–H groups in total. The topological polar surface area (TPSA) is 22.1 Å². The summed E-state index contributed by atoms with van der Waals surface area (Å²) in [5.41, 5.74) is 2.22. The van der Waals surface area contributed by atoms with Gasteiger partial charge in [0, 0.05) is 24.8 Å². The van der Waals surface area contributed by atoms with Crippen molar-refractivity contribution in [1.82, 2.24) is 4.98 Å². The van der Waals surface area contributed by atoms with Crippen LogP contribution >= 0.6 is 0 Å². The van der Waals surface area contributed by atoms with Crippen LogP contribution in [0.5, 0.6) is 0 Å². The molecule has 1 aromatic heterocycles. The molecule has 0 spiro atoms. The van der Waals surface area contributed by atoms with Crippen LogP contribution in [0.3, 0.4) is 0 Å². The van der Waals surface area contributed by atoms with Gasteiger partial charge in [-0.25, -0.2) is 0 Å². The van der Waals surface area contributed by atoms with Gasteiger partial charge in [-0.05, 0) is 25.0 Å². The van der Waals surface area contributed by atoms with Crippen molar-refractivity contribution in [2.24, 2.45) is 0 Å². The first kappa shape index (κ1) is 10.1. The Labute approximate surface area is 89.9 Å². The molecule has 0 aliphatic heterocycles. The molecule has 78 valence electrons. The second-order valence-electron chi connectivity index (χ2n) is 3.59.